The van der Waals surface area contributed by atoms with E-state index in [-0.39, 0.29) is 24.3 Å². The van der Waals surface area contributed by atoms with Crippen molar-refractivity contribution in [1.82, 2.24) is 4.90 Å². The number of amides is 2. The SMILES string of the molecule is O=C(O)C1CCN(C(=O)COc2cccc(N3CCCC3=O)c2)CC1. The van der Waals surface area contributed by atoms with Crippen LogP contribution in [0.5, 0.6) is 5.75 Å². The summed E-state index contributed by atoms with van der Waals surface area (Å²) in [6.07, 6.45) is 2.38. The monoisotopic (exact) mass is 346 g/mol. The van der Waals surface area contributed by atoms with E-state index in [4.69, 9.17) is 9.84 Å². The van der Waals surface area contributed by atoms with Crippen LogP contribution in [0.1, 0.15) is 25.7 Å². The van der Waals surface area contributed by atoms with Gasteiger partial charge in [-0.05, 0) is 31.4 Å². The summed E-state index contributed by atoms with van der Waals surface area (Å²) >= 11 is 0. The van der Waals surface area contributed by atoms with Crippen molar-refractivity contribution in [3.8, 4) is 5.75 Å². The molecule has 0 radical (unpaired) electrons. The number of hydrogen-bond acceptors (Lipinski definition) is 4. The zero-order chi connectivity index (χ0) is 17.8. The van der Waals surface area contributed by atoms with Gasteiger partial charge in [0.15, 0.2) is 6.61 Å². The molecule has 2 fully saturated rings. The highest BCUT2D eigenvalue weighted by Gasteiger charge is 2.27. The Morgan fingerprint density at radius 1 is 1.20 bits per heavy atom. The first-order chi connectivity index (χ1) is 12.0. The van der Waals surface area contributed by atoms with Crippen molar-refractivity contribution in [2.24, 2.45) is 5.92 Å². The molecule has 1 N–H and O–H groups in total. The van der Waals surface area contributed by atoms with Gasteiger partial charge in [-0.25, -0.2) is 0 Å². The average molecular weight is 346 g/mol. The van der Waals surface area contributed by atoms with Gasteiger partial charge in [-0.3, -0.25) is 14.4 Å². The molecule has 2 heterocycles. The molecular weight excluding hydrogens is 324 g/mol. The molecule has 2 saturated heterocycles. The molecular formula is C18H22N2O5. The number of nitrogens with zero attached hydrogens (tertiary/aromatic N) is 2. The van der Waals surface area contributed by atoms with E-state index in [1.54, 1.807) is 28.0 Å². The number of carboxylic acids is 1. The van der Waals surface area contributed by atoms with E-state index >= 15 is 0 Å². The minimum atomic E-state index is -0.795. The number of ether oxygens (including phenoxy) is 1. The third kappa shape index (κ3) is 4.10. The third-order valence-electron chi connectivity index (χ3n) is 4.76. The molecule has 7 heteroatoms. The normalized spacial score (nSPS) is 18.5. The molecule has 0 aliphatic carbocycles. The van der Waals surface area contributed by atoms with Crippen molar-refractivity contribution in [1.29, 1.82) is 0 Å². The first kappa shape index (κ1) is 17.3. The maximum atomic E-state index is 12.2. The number of anilines is 1. The smallest absolute Gasteiger partial charge is 0.306 e. The van der Waals surface area contributed by atoms with Gasteiger partial charge in [0.05, 0.1) is 5.92 Å². The zero-order valence-corrected chi connectivity index (χ0v) is 14.0. The fourth-order valence-corrected chi connectivity index (χ4v) is 3.27. The Morgan fingerprint density at radius 3 is 2.60 bits per heavy atom. The van der Waals surface area contributed by atoms with E-state index in [1.807, 2.05) is 6.07 Å². The Hall–Kier alpha value is -2.57. The van der Waals surface area contributed by atoms with Crippen molar-refractivity contribution >= 4 is 23.5 Å². The second-order valence-corrected chi connectivity index (χ2v) is 6.43. The van der Waals surface area contributed by atoms with Crippen LogP contribution < -0.4 is 9.64 Å². The maximum Gasteiger partial charge on any atom is 0.306 e. The predicted molar refractivity (Wildman–Crippen MR) is 90.5 cm³/mol. The maximum absolute atomic E-state index is 12.2. The fraction of sp³-hybridized carbons (Fsp3) is 0.500. The summed E-state index contributed by atoms with van der Waals surface area (Å²) < 4.78 is 5.59. The number of carbonyl (C=O) groups excluding carboxylic acids is 2. The molecule has 2 aliphatic heterocycles. The molecule has 134 valence electrons. The number of carbonyl (C=O) groups is 3. The number of aliphatic carboxylic acids is 1. The number of carboxylic acid groups (broad SMARTS) is 1. The molecule has 25 heavy (non-hydrogen) atoms. The molecule has 0 spiro atoms. The van der Waals surface area contributed by atoms with Crippen LogP contribution in [0, 0.1) is 5.92 Å². The van der Waals surface area contributed by atoms with Crippen LogP contribution in [0.3, 0.4) is 0 Å². The van der Waals surface area contributed by atoms with Crippen LogP contribution in [0.4, 0.5) is 5.69 Å². The minimum absolute atomic E-state index is 0.0882. The molecule has 3 rings (SSSR count). The van der Waals surface area contributed by atoms with Crippen molar-refractivity contribution in [3.63, 3.8) is 0 Å². The average Bonchev–Trinajstić information content (AvgIpc) is 3.06. The zero-order valence-electron chi connectivity index (χ0n) is 14.0. The van der Waals surface area contributed by atoms with Gasteiger partial charge in [-0.15, -0.1) is 0 Å². The Morgan fingerprint density at radius 2 is 1.96 bits per heavy atom. The molecule has 1 aromatic carbocycles. The van der Waals surface area contributed by atoms with Crippen LogP contribution in [-0.4, -0.2) is 54.0 Å². The van der Waals surface area contributed by atoms with E-state index in [0.29, 0.717) is 44.6 Å². The Balaban J connectivity index is 1.52. The Labute approximate surface area is 146 Å². The third-order valence-corrected chi connectivity index (χ3v) is 4.76. The van der Waals surface area contributed by atoms with E-state index in [1.165, 1.54) is 0 Å². The fourth-order valence-electron chi connectivity index (χ4n) is 3.27. The molecule has 0 atom stereocenters. The van der Waals surface area contributed by atoms with Crippen molar-refractivity contribution < 1.29 is 24.2 Å². The van der Waals surface area contributed by atoms with Gasteiger partial charge in [0.25, 0.3) is 5.91 Å². The predicted octanol–water partition coefficient (Wildman–Crippen LogP) is 1.52. The molecule has 2 amide bonds. The van der Waals surface area contributed by atoms with Crippen LogP contribution in [0.2, 0.25) is 0 Å². The molecule has 0 unspecified atom stereocenters. The van der Waals surface area contributed by atoms with Crippen LogP contribution in [-0.2, 0) is 14.4 Å². The van der Waals surface area contributed by atoms with Crippen LogP contribution in [0.15, 0.2) is 24.3 Å². The molecule has 2 aliphatic rings. The lowest BCUT2D eigenvalue weighted by molar-refractivity contribution is -0.146. The standard InChI is InChI=1S/C18H22N2O5/c21-16-5-2-8-20(16)14-3-1-4-15(11-14)25-12-17(22)19-9-6-13(7-10-19)18(23)24/h1,3-4,11,13H,2,5-10,12H2,(H,23,24). The van der Waals surface area contributed by atoms with Gasteiger partial charge in [0.1, 0.15) is 5.75 Å². The topological polar surface area (TPSA) is 87.2 Å². The lowest BCUT2D eigenvalue weighted by Crippen LogP contribution is -2.42. The molecule has 0 bridgehead atoms. The lowest BCUT2D eigenvalue weighted by Gasteiger charge is -2.30. The lowest BCUT2D eigenvalue weighted by atomic mass is 9.97. The largest absolute Gasteiger partial charge is 0.484 e. The number of rotatable bonds is 5. The number of hydrogen-bond donors (Lipinski definition) is 1. The van der Waals surface area contributed by atoms with Gasteiger partial charge >= 0.3 is 5.97 Å². The molecule has 0 saturated carbocycles. The summed E-state index contributed by atoms with van der Waals surface area (Å²) in [5.74, 6) is -0.650. The molecule has 0 aromatic heterocycles. The summed E-state index contributed by atoms with van der Waals surface area (Å²) in [4.78, 5) is 38.4. The van der Waals surface area contributed by atoms with Crippen molar-refractivity contribution in [2.45, 2.75) is 25.7 Å². The minimum Gasteiger partial charge on any atom is -0.484 e. The first-order valence-corrected chi connectivity index (χ1v) is 8.58. The number of likely N-dealkylation sites (tertiary alicyclic amines) is 1. The summed E-state index contributed by atoms with van der Waals surface area (Å²) in [5.41, 5.74) is 0.787. The first-order valence-electron chi connectivity index (χ1n) is 8.58. The van der Waals surface area contributed by atoms with Gasteiger partial charge in [0.2, 0.25) is 5.91 Å². The van der Waals surface area contributed by atoms with E-state index < -0.39 is 5.97 Å². The number of piperidine rings is 1. The number of benzene rings is 1. The van der Waals surface area contributed by atoms with Gasteiger partial charge in [0, 0.05) is 37.8 Å². The summed E-state index contributed by atoms with van der Waals surface area (Å²) in [5, 5.41) is 8.99. The van der Waals surface area contributed by atoms with Crippen LogP contribution in [0.25, 0.3) is 0 Å². The van der Waals surface area contributed by atoms with Crippen molar-refractivity contribution in [3.05, 3.63) is 24.3 Å². The Bertz CT molecular complexity index is 667. The van der Waals surface area contributed by atoms with Crippen LogP contribution >= 0.6 is 0 Å². The molecule has 7 nitrogen and oxygen atoms in total. The van der Waals surface area contributed by atoms with E-state index in [0.717, 1.165) is 12.1 Å². The quantitative estimate of drug-likeness (QED) is 0.873. The van der Waals surface area contributed by atoms with Crippen molar-refractivity contribution in [2.75, 3.05) is 31.1 Å². The van der Waals surface area contributed by atoms with Gasteiger partial charge in [-0.2, -0.15) is 0 Å². The van der Waals surface area contributed by atoms with Gasteiger partial charge < -0.3 is 19.6 Å². The highest BCUT2D eigenvalue weighted by molar-refractivity contribution is 5.95. The van der Waals surface area contributed by atoms with E-state index in [9.17, 15) is 14.4 Å². The van der Waals surface area contributed by atoms with Gasteiger partial charge in [-0.1, -0.05) is 6.07 Å². The summed E-state index contributed by atoms with van der Waals surface area (Å²) in [6, 6.07) is 7.19. The molecule has 1 aromatic rings. The highest BCUT2D eigenvalue weighted by Crippen LogP contribution is 2.25. The summed E-state index contributed by atoms with van der Waals surface area (Å²) in [7, 11) is 0. The highest BCUT2D eigenvalue weighted by atomic mass is 16.5. The summed E-state index contributed by atoms with van der Waals surface area (Å²) in [6.45, 7) is 1.51. The Kier molecular flexibility index (Phi) is 5.21. The van der Waals surface area contributed by atoms with E-state index in [2.05, 4.69) is 0 Å². The second-order valence-electron chi connectivity index (χ2n) is 6.43. The second kappa shape index (κ2) is 7.55.